The highest BCUT2D eigenvalue weighted by molar-refractivity contribution is 5.89. The third kappa shape index (κ3) is 4.83. The summed E-state index contributed by atoms with van der Waals surface area (Å²) in [6.07, 6.45) is 3.87. The molecule has 3 rings (SSSR count). The van der Waals surface area contributed by atoms with Gasteiger partial charge in [0, 0.05) is 37.2 Å². The second-order valence-corrected chi connectivity index (χ2v) is 5.92. The Kier molecular flexibility index (Phi) is 5.48. The van der Waals surface area contributed by atoms with Gasteiger partial charge < -0.3 is 20.5 Å². The number of nitrogens with one attached hydrogen (secondary N) is 3. The van der Waals surface area contributed by atoms with Crippen LogP contribution in [0.3, 0.4) is 0 Å². The fourth-order valence-corrected chi connectivity index (χ4v) is 2.44. The van der Waals surface area contributed by atoms with Crippen molar-refractivity contribution in [1.82, 2.24) is 19.9 Å². The Hall–Kier alpha value is -3.35. The smallest absolute Gasteiger partial charge is 0.319 e. The van der Waals surface area contributed by atoms with Crippen molar-refractivity contribution in [2.75, 3.05) is 23.7 Å². The van der Waals surface area contributed by atoms with Gasteiger partial charge in [0.05, 0.1) is 0 Å². The molecule has 2 aromatic heterocycles. The van der Waals surface area contributed by atoms with E-state index in [0.717, 1.165) is 22.9 Å². The van der Waals surface area contributed by atoms with Crippen LogP contribution in [0, 0.1) is 13.8 Å². The first-order valence-electron chi connectivity index (χ1n) is 8.44. The predicted octanol–water partition coefficient (Wildman–Crippen LogP) is 3.12. The van der Waals surface area contributed by atoms with Gasteiger partial charge in [0.1, 0.15) is 17.5 Å². The zero-order valence-electron chi connectivity index (χ0n) is 14.9. The number of urea groups is 1. The molecular formula is C19H22N6O. The topological polar surface area (TPSA) is 83.9 Å². The van der Waals surface area contributed by atoms with E-state index in [1.807, 2.05) is 73.3 Å². The standard InChI is InChI=1S/C19H22N6O/c1-14-5-7-16(8-6-14)24-19(26)21-10-9-20-17-13-18(23-15(2)22-17)25-11-3-4-12-25/h3-8,11-13H,9-10H2,1-2H3,(H,20,22,23)(H2,21,24,26). The van der Waals surface area contributed by atoms with Crippen molar-refractivity contribution in [2.45, 2.75) is 13.8 Å². The lowest BCUT2D eigenvalue weighted by Gasteiger charge is -2.11. The summed E-state index contributed by atoms with van der Waals surface area (Å²) < 4.78 is 1.92. The Labute approximate surface area is 152 Å². The van der Waals surface area contributed by atoms with Crippen molar-refractivity contribution in [3.8, 4) is 5.82 Å². The summed E-state index contributed by atoms with van der Waals surface area (Å²) in [4.78, 5) is 20.7. The second kappa shape index (κ2) is 8.15. The SMILES string of the molecule is Cc1ccc(NC(=O)NCCNc2cc(-n3cccc3)nc(C)n2)cc1. The molecule has 0 spiro atoms. The maximum absolute atomic E-state index is 11.9. The zero-order valence-corrected chi connectivity index (χ0v) is 14.9. The third-order valence-electron chi connectivity index (χ3n) is 3.72. The van der Waals surface area contributed by atoms with E-state index in [4.69, 9.17) is 0 Å². The monoisotopic (exact) mass is 350 g/mol. The lowest BCUT2D eigenvalue weighted by Crippen LogP contribution is -2.32. The van der Waals surface area contributed by atoms with E-state index in [-0.39, 0.29) is 6.03 Å². The number of nitrogens with zero attached hydrogens (tertiary/aromatic N) is 3. The lowest BCUT2D eigenvalue weighted by molar-refractivity contribution is 0.252. The second-order valence-electron chi connectivity index (χ2n) is 5.92. The highest BCUT2D eigenvalue weighted by atomic mass is 16.2. The van der Waals surface area contributed by atoms with Gasteiger partial charge in [-0.15, -0.1) is 0 Å². The van der Waals surface area contributed by atoms with Gasteiger partial charge in [-0.05, 0) is 38.1 Å². The van der Waals surface area contributed by atoms with Gasteiger partial charge in [-0.2, -0.15) is 0 Å². The summed E-state index contributed by atoms with van der Waals surface area (Å²) in [5.74, 6) is 2.21. The van der Waals surface area contributed by atoms with Gasteiger partial charge >= 0.3 is 6.03 Å². The highest BCUT2D eigenvalue weighted by Crippen LogP contribution is 2.11. The van der Waals surface area contributed by atoms with Gasteiger partial charge in [0.25, 0.3) is 0 Å². The first-order valence-corrected chi connectivity index (χ1v) is 8.44. The molecule has 7 nitrogen and oxygen atoms in total. The molecule has 0 fully saturated rings. The quantitative estimate of drug-likeness (QED) is 0.597. The van der Waals surface area contributed by atoms with Crippen LogP contribution in [0.1, 0.15) is 11.4 Å². The number of hydrogen-bond donors (Lipinski definition) is 3. The maximum atomic E-state index is 11.9. The third-order valence-corrected chi connectivity index (χ3v) is 3.72. The van der Waals surface area contributed by atoms with Crippen molar-refractivity contribution < 1.29 is 4.79 Å². The van der Waals surface area contributed by atoms with Crippen LogP contribution in [0.2, 0.25) is 0 Å². The maximum Gasteiger partial charge on any atom is 0.319 e. The van der Waals surface area contributed by atoms with Crippen LogP contribution in [0.25, 0.3) is 5.82 Å². The number of benzene rings is 1. The zero-order chi connectivity index (χ0) is 18.4. The molecule has 26 heavy (non-hydrogen) atoms. The molecule has 0 unspecified atom stereocenters. The Balaban J connectivity index is 1.47. The lowest BCUT2D eigenvalue weighted by atomic mass is 10.2. The average Bonchev–Trinajstić information content (AvgIpc) is 3.15. The van der Waals surface area contributed by atoms with Crippen LogP contribution in [0.4, 0.5) is 16.3 Å². The van der Waals surface area contributed by atoms with Crippen molar-refractivity contribution in [1.29, 1.82) is 0 Å². The normalized spacial score (nSPS) is 10.4. The summed E-state index contributed by atoms with van der Waals surface area (Å²) >= 11 is 0. The molecule has 0 saturated carbocycles. The molecule has 0 radical (unpaired) electrons. The van der Waals surface area contributed by atoms with Crippen LogP contribution in [0.15, 0.2) is 54.9 Å². The van der Waals surface area contributed by atoms with Gasteiger partial charge in [-0.3, -0.25) is 0 Å². The van der Waals surface area contributed by atoms with Gasteiger partial charge in [0.15, 0.2) is 0 Å². The minimum Gasteiger partial charge on any atom is -0.368 e. The summed E-state index contributed by atoms with van der Waals surface area (Å²) in [6.45, 7) is 4.89. The van der Waals surface area contributed by atoms with E-state index in [9.17, 15) is 4.79 Å². The van der Waals surface area contributed by atoms with Crippen LogP contribution >= 0.6 is 0 Å². The van der Waals surface area contributed by atoms with Crippen molar-refractivity contribution in [3.63, 3.8) is 0 Å². The minimum absolute atomic E-state index is 0.234. The van der Waals surface area contributed by atoms with E-state index < -0.39 is 0 Å². The Bertz CT molecular complexity index is 858. The molecule has 2 amide bonds. The number of amides is 2. The fourth-order valence-electron chi connectivity index (χ4n) is 2.44. The number of aromatic nitrogens is 3. The fraction of sp³-hybridized carbons (Fsp3) is 0.211. The molecule has 0 aliphatic heterocycles. The molecule has 3 N–H and O–H groups in total. The average molecular weight is 350 g/mol. The number of carbonyl (C=O) groups excluding carboxylic acids is 1. The van der Waals surface area contributed by atoms with E-state index in [0.29, 0.717) is 18.9 Å². The van der Waals surface area contributed by atoms with E-state index in [1.165, 1.54) is 0 Å². The van der Waals surface area contributed by atoms with Crippen LogP contribution in [0.5, 0.6) is 0 Å². The van der Waals surface area contributed by atoms with Gasteiger partial charge in [-0.25, -0.2) is 14.8 Å². The molecule has 1 aromatic carbocycles. The van der Waals surface area contributed by atoms with E-state index in [2.05, 4.69) is 25.9 Å². The number of hydrogen-bond acceptors (Lipinski definition) is 4. The van der Waals surface area contributed by atoms with Gasteiger partial charge in [-0.1, -0.05) is 17.7 Å². The van der Waals surface area contributed by atoms with Crippen molar-refractivity contribution in [3.05, 3.63) is 66.2 Å². The molecule has 0 bridgehead atoms. The largest absolute Gasteiger partial charge is 0.368 e. The van der Waals surface area contributed by atoms with Crippen LogP contribution < -0.4 is 16.0 Å². The van der Waals surface area contributed by atoms with E-state index in [1.54, 1.807) is 0 Å². The number of carbonyl (C=O) groups is 1. The summed E-state index contributed by atoms with van der Waals surface area (Å²) in [6, 6.07) is 13.2. The number of aryl methyl sites for hydroxylation is 2. The molecular weight excluding hydrogens is 328 g/mol. The molecule has 0 atom stereocenters. The van der Waals surface area contributed by atoms with Crippen LogP contribution in [-0.2, 0) is 0 Å². The summed E-state index contributed by atoms with van der Waals surface area (Å²) in [5, 5.41) is 8.82. The molecule has 0 aliphatic carbocycles. The summed E-state index contributed by atoms with van der Waals surface area (Å²) in [5.41, 5.74) is 1.92. The van der Waals surface area contributed by atoms with Crippen molar-refractivity contribution in [2.24, 2.45) is 0 Å². The predicted molar refractivity (Wildman–Crippen MR) is 103 cm³/mol. The molecule has 2 heterocycles. The Morgan fingerprint density at radius 2 is 1.77 bits per heavy atom. The molecule has 7 heteroatoms. The summed E-state index contributed by atoms with van der Waals surface area (Å²) in [7, 11) is 0. The first kappa shape index (κ1) is 17.5. The Morgan fingerprint density at radius 1 is 1.04 bits per heavy atom. The van der Waals surface area contributed by atoms with E-state index >= 15 is 0 Å². The minimum atomic E-state index is -0.234. The Morgan fingerprint density at radius 3 is 2.50 bits per heavy atom. The van der Waals surface area contributed by atoms with Crippen LogP contribution in [-0.4, -0.2) is 33.7 Å². The molecule has 134 valence electrons. The number of rotatable bonds is 6. The first-order chi connectivity index (χ1) is 12.6. The molecule has 0 aliphatic rings. The highest BCUT2D eigenvalue weighted by Gasteiger charge is 2.04. The number of anilines is 2. The molecule has 0 saturated heterocycles. The molecule has 3 aromatic rings. The van der Waals surface area contributed by atoms with Gasteiger partial charge in [0.2, 0.25) is 0 Å². The van der Waals surface area contributed by atoms with Crippen molar-refractivity contribution >= 4 is 17.5 Å².